The largest absolute Gasteiger partial charge is 0.481 e. The number of thiocarbonyl (C=S) groups is 1. The third kappa shape index (κ3) is 7.73. The van der Waals surface area contributed by atoms with Gasteiger partial charge in [-0.3, -0.25) is 14.8 Å². The number of sulfonamides is 1. The number of hydrogen-bond donors (Lipinski definition) is 3. The number of nitrogens with one attached hydrogen (secondary N) is 3. The third-order valence-corrected chi connectivity index (χ3v) is 6.37. The predicted molar refractivity (Wildman–Crippen MR) is 140 cm³/mol. The second kappa shape index (κ2) is 11.7. The number of hydrogen-bond acceptors (Lipinski definition) is 8. The molecule has 0 aliphatic heterocycles. The fraction of sp³-hybridized carbons (Fsp3) is 0.0909. The van der Waals surface area contributed by atoms with E-state index in [1.165, 1.54) is 50.6 Å². The minimum absolute atomic E-state index is 0.0176. The first-order valence-electron chi connectivity index (χ1n) is 9.84. The number of benzene rings is 2. The maximum Gasteiger partial charge on any atom is 0.321 e. The summed E-state index contributed by atoms with van der Waals surface area (Å²) >= 11 is 8.50. The van der Waals surface area contributed by atoms with Gasteiger partial charge in [-0.1, -0.05) is 28.1 Å². The minimum atomic E-state index is -3.96. The molecule has 0 saturated carbocycles. The summed E-state index contributed by atoms with van der Waals surface area (Å²) in [4.78, 5) is 19.9. The first-order chi connectivity index (χ1) is 16.7. The van der Waals surface area contributed by atoms with Gasteiger partial charge in [-0.2, -0.15) is 9.97 Å². The third-order valence-electron chi connectivity index (χ3n) is 4.27. The van der Waals surface area contributed by atoms with E-state index < -0.39 is 15.9 Å². The molecule has 0 atom stereocenters. The van der Waals surface area contributed by atoms with Crippen LogP contribution in [-0.4, -0.2) is 43.6 Å². The van der Waals surface area contributed by atoms with E-state index in [4.69, 9.17) is 21.7 Å². The Hall–Kier alpha value is -3.55. The standard InChI is InChI=1S/C22H20BrN5O5S2/c1-32-20-13-18(25-21(27-20)33-2)28-35(30,31)17-10-8-16(9-11-17)24-22(34)26-19(29)12-5-14-3-6-15(23)7-4-14/h3-13H,1-2H3,(H,25,27,28)(H2,24,26,29,34). The fourth-order valence-electron chi connectivity index (χ4n) is 2.63. The number of rotatable bonds is 8. The number of anilines is 2. The minimum Gasteiger partial charge on any atom is -0.481 e. The first-order valence-corrected chi connectivity index (χ1v) is 12.5. The number of halogens is 1. The number of ether oxygens (including phenoxy) is 2. The smallest absolute Gasteiger partial charge is 0.321 e. The summed E-state index contributed by atoms with van der Waals surface area (Å²) < 4.78 is 38.7. The average Bonchev–Trinajstić information content (AvgIpc) is 2.83. The molecular weight excluding hydrogens is 558 g/mol. The zero-order chi connectivity index (χ0) is 25.4. The first kappa shape index (κ1) is 26.1. The van der Waals surface area contributed by atoms with Crippen LogP contribution in [0.3, 0.4) is 0 Å². The zero-order valence-electron chi connectivity index (χ0n) is 18.5. The van der Waals surface area contributed by atoms with Gasteiger partial charge in [-0.15, -0.1) is 0 Å². The van der Waals surface area contributed by atoms with Crippen LogP contribution in [0.2, 0.25) is 0 Å². The average molecular weight is 578 g/mol. The molecule has 10 nitrogen and oxygen atoms in total. The highest BCUT2D eigenvalue weighted by Gasteiger charge is 2.17. The van der Waals surface area contributed by atoms with E-state index in [-0.39, 0.29) is 27.7 Å². The Bertz CT molecular complexity index is 1330. The molecule has 0 saturated heterocycles. The second-order valence-electron chi connectivity index (χ2n) is 6.74. The highest BCUT2D eigenvalue weighted by atomic mass is 79.9. The second-order valence-corrected chi connectivity index (χ2v) is 9.75. The number of methoxy groups -OCH3 is 2. The molecule has 0 fully saturated rings. The number of carbonyl (C=O) groups excluding carboxylic acids is 1. The van der Waals surface area contributed by atoms with Crippen LogP contribution in [0.15, 0.2) is 70.0 Å². The van der Waals surface area contributed by atoms with Gasteiger partial charge in [0.15, 0.2) is 10.9 Å². The molecule has 13 heteroatoms. The van der Waals surface area contributed by atoms with E-state index in [0.29, 0.717) is 5.69 Å². The summed E-state index contributed by atoms with van der Waals surface area (Å²) in [5.74, 6) is -0.295. The van der Waals surface area contributed by atoms with Gasteiger partial charge in [-0.25, -0.2) is 8.42 Å². The quantitative estimate of drug-likeness (QED) is 0.271. The lowest BCUT2D eigenvalue weighted by Crippen LogP contribution is -2.32. The molecule has 1 amide bonds. The summed E-state index contributed by atoms with van der Waals surface area (Å²) in [5, 5.41) is 5.41. The Morgan fingerprint density at radius 2 is 1.71 bits per heavy atom. The Balaban J connectivity index is 1.60. The Morgan fingerprint density at radius 1 is 1.03 bits per heavy atom. The van der Waals surface area contributed by atoms with Crippen LogP contribution >= 0.6 is 28.1 Å². The van der Waals surface area contributed by atoms with Crippen molar-refractivity contribution < 1.29 is 22.7 Å². The van der Waals surface area contributed by atoms with Crippen molar-refractivity contribution in [1.29, 1.82) is 0 Å². The van der Waals surface area contributed by atoms with Crippen LogP contribution in [-0.2, 0) is 14.8 Å². The molecular formula is C22H20BrN5O5S2. The molecule has 0 unspecified atom stereocenters. The van der Waals surface area contributed by atoms with Crippen molar-refractivity contribution in [3.63, 3.8) is 0 Å². The van der Waals surface area contributed by atoms with E-state index in [0.717, 1.165) is 10.0 Å². The van der Waals surface area contributed by atoms with E-state index in [1.54, 1.807) is 6.08 Å². The van der Waals surface area contributed by atoms with Gasteiger partial charge in [0.1, 0.15) is 0 Å². The fourth-order valence-corrected chi connectivity index (χ4v) is 4.10. The SMILES string of the molecule is COc1cc(NS(=O)(=O)c2ccc(NC(=S)NC(=O)C=Cc3ccc(Br)cc3)cc2)nc(OC)n1. The van der Waals surface area contributed by atoms with E-state index in [2.05, 4.69) is 41.3 Å². The maximum atomic E-state index is 12.7. The van der Waals surface area contributed by atoms with Gasteiger partial charge < -0.3 is 14.8 Å². The van der Waals surface area contributed by atoms with Crippen LogP contribution < -0.4 is 24.8 Å². The summed E-state index contributed by atoms with van der Waals surface area (Å²) in [6.45, 7) is 0. The lowest BCUT2D eigenvalue weighted by molar-refractivity contribution is -0.115. The Labute approximate surface area is 216 Å². The molecule has 0 bridgehead atoms. The summed E-state index contributed by atoms with van der Waals surface area (Å²) in [7, 11) is -1.22. The molecule has 35 heavy (non-hydrogen) atoms. The highest BCUT2D eigenvalue weighted by molar-refractivity contribution is 9.10. The van der Waals surface area contributed by atoms with Gasteiger partial charge in [-0.05, 0) is 60.3 Å². The normalized spacial score (nSPS) is 11.1. The molecule has 3 N–H and O–H groups in total. The molecule has 1 aromatic heterocycles. The number of aromatic nitrogens is 2. The van der Waals surface area contributed by atoms with Crippen molar-refractivity contribution in [2.45, 2.75) is 4.90 Å². The monoisotopic (exact) mass is 577 g/mol. The van der Waals surface area contributed by atoms with Gasteiger partial charge in [0, 0.05) is 22.3 Å². The van der Waals surface area contributed by atoms with E-state index >= 15 is 0 Å². The molecule has 0 spiro atoms. The van der Waals surface area contributed by atoms with Crippen molar-refractivity contribution in [3.05, 3.63) is 70.7 Å². The number of carbonyl (C=O) groups is 1. The number of amides is 1. The van der Waals surface area contributed by atoms with E-state index in [1.807, 2.05) is 24.3 Å². The van der Waals surface area contributed by atoms with Crippen LogP contribution in [0.4, 0.5) is 11.5 Å². The lowest BCUT2D eigenvalue weighted by Gasteiger charge is -2.11. The van der Waals surface area contributed by atoms with Crippen molar-refractivity contribution in [3.8, 4) is 11.9 Å². The van der Waals surface area contributed by atoms with Crippen LogP contribution in [0.1, 0.15) is 5.56 Å². The van der Waals surface area contributed by atoms with E-state index in [9.17, 15) is 13.2 Å². The Morgan fingerprint density at radius 3 is 2.34 bits per heavy atom. The molecule has 0 aliphatic carbocycles. The predicted octanol–water partition coefficient (Wildman–Crippen LogP) is 3.58. The molecule has 3 rings (SSSR count). The summed E-state index contributed by atoms with van der Waals surface area (Å²) in [6, 6.07) is 14.5. The number of nitrogens with zero attached hydrogens (tertiary/aromatic N) is 2. The molecule has 182 valence electrons. The molecule has 2 aromatic carbocycles. The zero-order valence-corrected chi connectivity index (χ0v) is 21.7. The summed E-state index contributed by atoms with van der Waals surface area (Å²) in [6.07, 6.45) is 3.01. The van der Waals surface area contributed by atoms with Crippen LogP contribution in [0.25, 0.3) is 6.08 Å². The summed E-state index contributed by atoms with van der Waals surface area (Å²) in [5.41, 5.74) is 1.34. The Kier molecular flexibility index (Phi) is 8.73. The van der Waals surface area contributed by atoms with Crippen molar-refractivity contribution in [1.82, 2.24) is 15.3 Å². The molecule has 0 aliphatic rings. The van der Waals surface area contributed by atoms with Gasteiger partial charge >= 0.3 is 6.01 Å². The van der Waals surface area contributed by atoms with Crippen LogP contribution in [0.5, 0.6) is 11.9 Å². The maximum absolute atomic E-state index is 12.7. The highest BCUT2D eigenvalue weighted by Crippen LogP contribution is 2.21. The van der Waals surface area contributed by atoms with Crippen molar-refractivity contribution >= 4 is 66.8 Å². The topological polar surface area (TPSA) is 132 Å². The van der Waals surface area contributed by atoms with Crippen molar-refractivity contribution in [2.75, 3.05) is 24.3 Å². The lowest BCUT2D eigenvalue weighted by atomic mass is 10.2. The molecule has 3 aromatic rings. The molecule has 0 radical (unpaired) electrons. The van der Waals surface area contributed by atoms with Gasteiger partial charge in [0.05, 0.1) is 19.1 Å². The van der Waals surface area contributed by atoms with Gasteiger partial charge in [0.2, 0.25) is 11.8 Å². The van der Waals surface area contributed by atoms with Crippen molar-refractivity contribution in [2.24, 2.45) is 0 Å². The van der Waals surface area contributed by atoms with Crippen LogP contribution in [0, 0.1) is 0 Å². The molecule has 1 heterocycles. The van der Waals surface area contributed by atoms with Gasteiger partial charge in [0.25, 0.3) is 10.0 Å².